The first-order valence-corrected chi connectivity index (χ1v) is 22.3. The zero-order valence-electron chi connectivity index (χ0n) is 35.2. The smallest absolute Gasteiger partial charge is 0.289 e. The summed E-state index contributed by atoms with van der Waals surface area (Å²) in [5, 5.41) is 23.6. The molecule has 1 aromatic carbocycles. The highest BCUT2D eigenvalue weighted by atomic mass is 16.6. The van der Waals surface area contributed by atoms with Gasteiger partial charge in [-0.3, -0.25) is 9.59 Å². The number of methoxy groups -OCH3 is 2. The number of aromatic hydroxyl groups is 1. The molecule has 1 heterocycles. The third kappa shape index (κ3) is 13.3. The lowest BCUT2D eigenvalue weighted by Crippen LogP contribution is -2.63. The molecule has 0 saturated carbocycles. The number of fused-ring (bicyclic) bond motifs is 3. The summed E-state index contributed by atoms with van der Waals surface area (Å²) in [7, 11) is 2.84. The molecule has 0 aromatic heterocycles. The number of phenolic OH excluding ortho intramolecular Hbond substituents is 1. The van der Waals surface area contributed by atoms with Crippen molar-refractivity contribution in [1.82, 2.24) is 0 Å². The van der Waals surface area contributed by atoms with Crippen LogP contribution in [0.25, 0.3) is 0 Å². The molecule has 1 aromatic rings. The summed E-state index contributed by atoms with van der Waals surface area (Å²) in [6.07, 6.45) is 41.0. The van der Waals surface area contributed by atoms with Gasteiger partial charge in [-0.2, -0.15) is 0 Å². The Morgan fingerprint density at radius 2 is 1.09 bits per heavy atom. The number of unbranched alkanes of at least 4 members (excludes halogenated alkanes) is 22. The van der Waals surface area contributed by atoms with Gasteiger partial charge in [-0.15, -0.1) is 0 Å². The van der Waals surface area contributed by atoms with Gasteiger partial charge in [0.15, 0.2) is 17.3 Å². The molecule has 55 heavy (non-hydrogen) atoms. The standard InChI is InChI=1S/C48H76O7/c1-5-7-9-11-13-15-17-19-21-23-25-27-29-31-33-35-39-44-40(37-41(53-3)45(39)50)55-48(52)43(49)38-42(54-4)46(51)47(44,48)36-34-32-30-28-26-24-22-20-18-16-14-12-10-8-6-2/h15-18,37-38,50,52H,5-14,19-36H2,1-4H3/t47-,48+/m1/s1. The monoisotopic (exact) mass is 765 g/mol. The molecule has 0 amide bonds. The normalized spacial score (nSPS) is 19.3. The van der Waals surface area contributed by atoms with Crippen LogP contribution in [0.5, 0.6) is 17.2 Å². The van der Waals surface area contributed by atoms with E-state index in [1.807, 2.05) is 0 Å². The van der Waals surface area contributed by atoms with Gasteiger partial charge in [0, 0.05) is 23.3 Å². The lowest BCUT2D eigenvalue weighted by atomic mass is 9.62. The summed E-state index contributed by atoms with van der Waals surface area (Å²) in [5.74, 6) is -3.37. The summed E-state index contributed by atoms with van der Waals surface area (Å²) in [6, 6.07) is 1.50. The van der Waals surface area contributed by atoms with Crippen molar-refractivity contribution >= 4 is 11.6 Å². The van der Waals surface area contributed by atoms with Crippen LogP contribution < -0.4 is 9.47 Å². The van der Waals surface area contributed by atoms with Crippen molar-refractivity contribution in [3.8, 4) is 17.2 Å². The highest BCUT2D eigenvalue weighted by Crippen LogP contribution is 2.59. The Balaban J connectivity index is 1.58. The Labute approximate surface area is 334 Å². The maximum Gasteiger partial charge on any atom is 0.289 e. The average molecular weight is 765 g/mol. The molecule has 3 rings (SSSR count). The second-order valence-electron chi connectivity index (χ2n) is 16.0. The number of aliphatic hydroxyl groups is 1. The van der Waals surface area contributed by atoms with E-state index < -0.39 is 22.8 Å². The first-order chi connectivity index (χ1) is 26.8. The van der Waals surface area contributed by atoms with Crippen LogP contribution in [-0.2, 0) is 26.2 Å². The number of ether oxygens (including phenoxy) is 3. The molecule has 7 nitrogen and oxygen atoms in total. The summed E-state index contributed by atoms with van der Waals surface area (Å²) in [6.45, 7) is 4.49. The minimum Gasteiger partial charge on any atom is -0.504 e. The van der Waals surface area contributed by atoms with Crippen LogP contribution >= 0.6 is 0 Å². The number of benzene rings is 1. The lowest BCUT2D eigenvalue weighted by molar-refractivity contribution is -0.190. The molecule has 2 aliphatic rings. The van der Waals surface area contributed by atoms with Gasteiger partial charge in [-0.05, 0) is 70.6 Å². The van der Waals surface area contributed by atoms with Crippen molar-refractivity contribution in [1.29, 1.82) is 0 Å². The summed E-state index contributed by atoms with van der Waals surface area (Å²) >= 11 is 0. The molecule has 1 aliphatic heterocycles. The molecule has 0 fully saturated rings. The second kappa shape index (κ2) is 26.0. The Morgan fingerprint density at radius 3 is 1.56 bits per heavy atom. The Hall–Kier alpha value is -3.06. The number of hydrogen-bond donors (Lipinski definition) is 2. The molecular formula is C48H76O7. The van der Waals surface area contributed by atoms with Gasteiger partial charge in [-0.25, -0.2) is 0 Å². The second-order valence-corrected chi connectivity index (χ2v) is 16.0. The fourth-order valence-electron chi connectivity index (χ4n) is 8.45. The molecule has 0 unspecified atom stereocenters. The predicted molar refractivity (Wildman–Crippen MR) is 225 cm³/mol. The van der Waals surface area contributed by atoms with Gasteiger partial charge in [-0.1, -0.05) is 147 Å². The van der Waals surface area contributed by atoms with Crippen molar-refractivity contribution in [2.45, 2.75) is 205 Å². The van der Waals surface area contributed by atoms with E-state index in [0.717, 1.165) is 70.3 Å². The number of Topliss-reactive ketones (excluding diaryl/α,β-unsaturated/α-hetero) is 1. The van der Waals surface area contributed by atoms with Crippen LogP contribution in [0.2, 0.25) is 0 Å². The first kappa shape index (κ1) is 46.3. The van der Waals surface area contributed by atoms with Crippen LogP contribution in [-0.4, -0.2) is 41.8 Å². The number of phenols is 1. The van der Waals surface area contributed by atoms with Crippen molar-refractivity contribution in [2.75, 3.05) is 14.2 Å². The van der Waals surface area contributed by atoms with E-state index in [4.69, 9.17) is 14.2 Å². The minimum absolute atomic E-state index is 0.0630. The average Bonchev–Trinajstić information content (AvgIpc) is 3.45. The van der Waals surface area contributed by atoms with E-state index in [1.165, 1.54) is 117 Å². The van der Waals surface area contributed by atoms with Crippen LogP contribution in [0.15, 0.2) is 42.2 Å². The quantitative estimate of drug-likeness (QED) is 0.0556. The SMILES string of the molecule is CCCCCCC=CCCCCCCCCCc1c(O)c(OC)cc2c1[C@]1(CCCCCCCCCC=CCCCCCC)C(=O)C(OC)=CC(=O)[C@]1(O)O2. The van der Waals surface area contributed by atoms with Crippen LogP contribution in [0.1, 0.15) is 198 Å². The Bertz CT molecular complexity index is 1380. The van der Waals surface area contributed by atoms with Crippen molar-refractivity contribution in [3.05, 3.63) is 53.3 Å². The summed E-state index contributed by atoms with van der Waals surface area (Å²) in [5.41, 5.74) is -0.794. The summed E-state index contributed by atoms with van der Waals surface area (Å²) < 4.78 is 17.0. The first-order valence-electron chi connectivity index (χ1n) is 22.3. The molecule has 310 valence electrons. The largest absolute Gasteiger partial charge is 0.504 e. The Kier molecular flexibility index (Phi) is 21.9. The molecule has 2 N–H and O–H groups in total. The number of rotatable bonds is 32. The number of ketones is 2. The van der Waals surface area contributed by atoms with Crippen LogP contribution in [0.3, 0.4) is 0 Å². The van der Waals surface area contributed by atoms with E-state index in [0.29, 0.717) is 24.0 Å². The van der Waals surface area contributed by atoms with E-state index in [1.54, 1.807) is 0 Å². The third-order valence-corrected chi connectivity index (χ3v) is 11.7. The number of carbonyl (C=O) groups excluding carboxylic acids is 2. The van der Waals surface area contributed by atoms with Gasteiger partial charge >= 0.3 is 0 Å². The van der Waals surface area contributed by atoms with Gasteiger partial charge in [0.2, 0.25) is 11.6 Å². The predicted octanol–water partition coefficient (Wildman–Crippen LogP) is 12.6. The van der Waals surface area contributed by atoms with Gasteiger partial charge in [0.1, 0.15) is 11.2 Å². The fourth-order valence-corrected chi connectivity index (χ4v) is 8.45. The van der Waals surface area contributed by atoms with E-state index in [9.17, 15) is 19.8 Å². The van der Waals surface area contributed by atoms with Crippen molar-refractivity contribution < 1.29 is 34.0 Å². The van der Waals surface area contributed by atoms with E-state index in [2.05, 4.69) is 38.2 Å². The molecule has 7 heteroatoms. The van der Waals surface area contributed by atoms with E-state index in [-0.39, 0.29) is 29.4 Å². The van der Waals surface area contributed by atoms with Crippen LogP contribution in [0, 0.1) is 0 Å². The topological polar surface area (TPSA) is 102 Å². The zero-order chi connectivity index (χ0) is 39.8. The maximum absolute atomic E-state index is 14.4. The van der Waals surface area contributed by atoms with Crippen molar-refractivity contribution in [2.24, 2.45) is 0 Å². The van der Waals surface area contributed by atoms with Gasteiger partial charge in [0.25, 0.3) is 5.79 Å². The van der Waals surface area contributed by atoms with E-state index >= 15 is 0 Å². The third-order valence-electron chi connectivity index (χ3n) is 11.7. The zero-order valence-corrected chi connectivity index (χ0v) is 35.2. The van der Waals surface area contributed by atoms with Gasteiger partial charge in [0.05, 0.1) is 14.2 Å². The molecular weight excluding hydrogens is 689 g/mol. The molecule has 0 saturated heterocycles. The number of hydrogen-bond acceptors (Lipinski definition) is 7. The molecule has 1 aliphatic carbocycles. The number of allylic oxidation sites excluding steroid dienone is 5. The molecule has 0 spiro atoms. The lowest BCUT2D eigenvalue weighted by Gasteiger charge is -2.41. The van der Waals surface area contributed by atoms with Gasteiger partial charge < -0.3 is 24.4 Å². The number of carbonyl (C=O) groups is 2. The molecule has 2 atom stereocenters. The minimum atomic E-state index is -2.42. The summed E-state index contributed by atoms with van der Waals surface area (Å²) in [4.78, 5) is 28.0. The Morgan fingerprint density at radius 1 is 0.636 bits per heavy atom. The molecule has 0 bridgehead atoms. The maximum atomic E-state index is 14.4. The van der Waals surface area contributed by atoms with Crippen molar-refractivity contribution in [3.63, 3.8) is 0 Å². The highest BCUT2D eigenvalue weighted by molar-refractivity contribution is 6.18. The highest BCUT2D eigenvalue weighted by Gasteiger charge is 2.71. The molecule has 0 radical (unpaired) electrons. The van der Waals surface area contributed by atoms with Crippen LogP contribution in [0.4, 0.5) is 0 Å². The fraction of sp³-hybridized carbons (Fsp3) is 0.708.